The van der Waals surface area contributed by atoms with Crippen molar-refractivity contribution in [2.45, 2.75) is 6.92 Å². The van der Waals surface area contributed by atoms with Gasteiger partial charge in [-0.15, -0.1) is 0 Å². The number of aromatic nitrogens is 4. The second-order valence-corrected chi connectivity index (χ2v) is 7.03. The lowest BCUT2D eigenvalue weighted by atomic mass is 10.1. The Morgan fingerprint density at radius 1 is 1.14 bits per heavy atom. The number of hydrogen-bond donors (Lipinski definition) is 0. The molecule has 0 saturated carbocycles. The zero-order valence-electron chi connectivity index (χ0n) is 15.6. The molecule has 146 valence electrons. The van der Waals surface area contributed by atoms with E-state index >= 15 is 0 Å². The molecule has 0 saturated heterocycles. The van der Waals surface area contributed by atoms with Crippen LogP contribution < -0.4 is 4.74 Å². The van der Waals surface area contributed by atoms with Crippen molar-refractivity contribution in [1.82, 2.24) is 19.7 Å². The third kappa shape index (κ3) is 4.04. The quantitative estimate of drug-likeness (QED) is 0.408. The van der Waals surface area contributed by atoms with Gasteiger partial charge in [0.2, 0.25) is 5.82 Å². The normalized spacial score (nSPS) is 11.3. The van der Waals surface area contributed by atoms with Gasteiger partial charge in [-0.3, -0.25) is 0 Å². The average molecular weight is 427 g/mol. The number of hydrogen-bond acceptors (Lipinski definition) is 5. The molecule has 2 aromatic carbocycles. The van der Waals surface area contributed by atoms with Crippen molar-refractivity contribution in [1.29, 1.82) is 0 Å². The summed E-state index contributed by atoms with van der Waals surface area (Å²) >= 11 is 12.3. The molecule has 6 nitrogen and oxygen atoms in total. The molecule has 4 aromatic rings. The summed E-state index contributed by atoms with van der Waals surface area (Å²) in [4.78, 5) is 8.61. The van der Waals surface area contributed by atoms with Gasteiger partial charge in [0, 0.05) is 17.8 Å². The maximum Gasteiger partial charge on any atom is 0.250 e. The Hall–Kier alpha value is -3.09. The van der Waals surface area contributed by atoms with Crippen molar-refractivity contribution < 1.29 is 9.26 Å². The molecule has 8 heteroatoms. The van der Waals surface area contributed by atoms with Gasteiger partial charge >= 0.3 is 0 Å². The van der Waals surface area contributed by atoms with E-state index in [1.54, 1.807) is 37.7 Å². The highest BCUT2D eigenvalue weighted by atomic mass is 35.5. The minimum atomic E-state index is 0.351. The summed E-state index contributed by atoms with van der Waals surface area (Å²) in [6, 6.07) is 11.1. The number of halogens is 2. The summed E-state index contributed by atoms with van der Waals surface area (Å²) in [7, 11) is 1.63. The Kier molecular flexibility index (Phi) is 5.38. The monoisotopic (exact) mass is 426 g/mol. The number of nitrogens with zero attached hydrogens (tertiary/aromatic N) is 4. The molecule has 0 amide bonds. The fourth-order valence-electron chi connectivity index (χ4n) is 2.82. The topological polar surface area (TPSA) is 66.0 Å². The molecular weight excluding hydrogens is 411 g/mol. The summed E-state index contributed by atoms with van der Waals surface area (Å²) in [6.45, 7) is 1.94. The molecule has 0 fully saturated rings. The minimum Gasteiger partial charge on any atom is -0.495 e. The molecule has 0 unspecified atom stereocenters. The first kappa shape index (κ1) is 19.2. The summed E-state index contributed by atoms with van der Waals surface area (Å²) < 4.78 is 12.7. The van der Waals surface area contributed by atoms with Crippen LogP contribution in [-0.2, 0) is 0 Å². The van der Waals surface area contributed by atoms with Crippen LogP contribution in [0, 0.1) is 6.92 Å². The van der Waals surface area contributed by atoms with E-state index in [4.69, 9.17) is 32.5 Å². The van der Waals surface area contributed by atoms with Gasteiger partial charge in [-0.05, 0) is 42.8 Å². The van der Waals surface area contributed by atoms with Gasteiger partial charge in [-0.2, -0.15) is 4.98 Å². The molecule has 2 heterocycles. The van der Waals surface area contributed by atoms with Crippen LogP contribution in [0.4, 0.5) is 0 Å². The summed E-state index contributed by atoms with van der Waals surface area (Å²) in [5.74, 6) is 1.45. The second kappa shape index (κ2) is 8.11. The third-order valence-electron chi connectivity index (χ3n) is 4.25. The Labute approximate surface area is 177 Å². The second-order valence-electron chi connectivity index (χ2n) is 6.24. The standard InChI is InChI=1S/C21H16Cl2N4O2/c1-13-11-27(12-24-13)17-8-6-14(10-18(17)28-2)7-9-19-25-21(26-29-19)15-4-3-5-16(22)20(15)23/h3-12H,1-2H3. The van der Waals surface area contributed by atoms with Crippen molar-refractivity contribution in [2.24, 2.45) is 0 Å². The molecule has 4 rings (SSSR count). The number of benzene rings is 2. The molecule has 0 atom stereocenters. The van der Waals surface area contributed by atoms with Crippen LogP contribution in [0.25, 0.3) is 29.2 Å². The number of imidazole rings is 1. The maximum absolute atomic E-state index is 6.22. The van der Waals surface area contributed by atoms with Crippen molar-refractivity contribution >= 4 is 35.4 Å². The summed E-state index contributed by atoms with van der Waals surface area (Å²) in [6.07, 6.45) is 7.28. The first-order valence-electron chi connectivity index (χ1n) is 8.70. The Bertz CT molecular complexity index is 1200. The van der Waals surface area contributed by atoms with E-state index < -0.39 is 0 Å². The van der Waals surface area contributed by atoms with Gasteiger partial charge in [0.25, 0.3) is 5.89 Å². The van der Waals surface area contributed by atoms with E-state index in [1.807, 2.05) is 42.0 Å². The van der Waals surface area contributed by atoms with Gasteiger partial charge in [0.15, 0.2) is 0 Å². The molecule has 0 radical (unpaired) electrons. The van der Waals surface area contributed by atoms with Crippen LogP contribution in [0.3, 0.4) is 0 Å². The van der Waals surface area contributed by atoms with E-state index in [9.17, 15) is 0 Å². The van der Waals surface area contributed by atoms with E-state index in [1.165, 1.54) is 0 Å². The first-order chi connectivity index (χ1) is 14.0. The molecular formula is C21H16Cl2N4O2. The lowest BCUT2D eigenvalue weighted by molar-refractivity contribution is 0.411. The van der Waals surface area contributed by atoms with E-state index in [-0.39, 0.29) is 0 Å². The predicted molar refractivity (Wildman–Crippen MR) is 114 cm³/mol. The number of aryl methyl sites for hydroxylation is 1. The third-order valence-corrected chi connectivity index (χ3v) is 5.07. The molecule has 0 aliphatic heterocycles. The van der Waals surface area contributed by atoms with Crippen molar-refractivity contribution in [3.8, 4) is 22.8 Å². The largest absolute Gasteiger partial charge is 0.495 e. The molecule has 29 heavy (non-hydrogen) atoms. The van der Waals surface area contributed by atoms with Crippen LogP contribution in [0.2, 0.25) is 10.0 Å². The molecule has 0 bridgehead atoms. The Morgan fingerprint density at radius 2 is 2.00 bits per heavy atom. The molecule has 0 N–H and O–H groups in total. The van der Waals surface area contributed by atoms with E-state index in [0.29, 0.717) is 27.3 Å². The summed E-state index contributed by atoms with van der Waals surface area (Å²) in [5.41, 5.74) is 3.37. The van der Waals surface area contributed by atoms with E-state index in [2.05, 4.69) is 15.1 Å². The summed E-state index contributed by atoms with van der Waals surface area (Å²) in [5, 5.41) is 4.80. The fourth-order valence-corrected chi connectivity index (χ4v) is 3.21. The van der Waals surface area contributed by atoms with Crippen molar-refractivity contribution in [3.05, 3.63) is 76.1 Å². The smallest absolute Gasteiger partial charge is 0.250 e. The number of rotatable bonds is 5. The average Bonchev–Trinajstić information content (AvgIpc) is 3.37. The van der Waals surface area contributed by atoms with Gasteiger partial charge in [-0.1, -0.05) is 40.5 Å². The lowest BCUT2D eigenvalue weighted by Gasteiger charge is -2.09. The molecule has 0 spiro atoms. The zero-order valence-corrected chi connectivity index (χ0v) is 17.1. The lowest BCUT2D eigenvalue weighted by Crippen LogP contribution is -1.95. The molecule has 2 aromatic heterocycles. The highest BCUT2D eigenvalue weighted by Crippen LogP contribution is 2.32. The van der Waals surface area contributed by atoms with Crippen LogP contribution in [0.1, 0.15) is 17.1 Å². The van der Waals surface area contributed by atoms with Crippen LogP contribution in [0.5, 0.6) is 5.75 Å². The maximum atomic E-state index is 6.22. The Morgan fingerprint density at radius 3 is 2.76 bits per heavy atom. The Balaban J connectivity index is 1.58. The highest BCUT2D eigenvalue weighted by molar-refractivity contribution is 6.43. The minimum absolute atomic E-state index is 0.351. The molecule has 0 aliphatic carbocycles. The van der Waals surface area contributed by atoms with Crippen LogP contribution in [0.15, 0.2) is 53.4 Å². The zero-order chi connectivity index (χ0) is 20.4. The van der Waals surface area contributed by atoms with Crippen LogP contribution in [-0.4, -0.2) is 26.8 Å². The predicted octanol–water partition coefficient (Wildman–Crippen LogP) is 5.72. The van der Waals surface area contributed by atoms with Gasteiger partial charge in [0.1, 0.15) is 5.75 Å². The van der Waals surface area contributed by atoms with Crippen molar-refractivity contribution in [2.75, 3.05) is 7.11 Å². The highest BCUT2D eigenvalue weighted by Gasteiger charge is 2.12. The van der Waals surface area contributed by atoms with Gasteiger partial charge in [0.05, 0.1) is 34.9 Å². The fraction of sp³-hybridized carbons (Fsp3) is 0.0952. The SMILES string of the molecule is COc1cc(C=Cc2nc(-c3cccc(Cl)c3Cl)no2)ccc1-n1cnc(C)c1. The number of ether oxygens (including phenoxy) is 1. The van der Waals surface area contributed by atoms with Gasteiger partial charge in [-0.25, -0.2) is 4.98 Å². The van der Waals surface area contributed by atoms with Crippen LogP contribution >= 0.6 is 23.2 Å². The first-order valence-corrected chi connectivity index (χ1v) is 9.46. The number of methoxy groups -OCH3 is 1. The van der Waals surface area contributed by atoms with Gasteiger partial charge < -0.3 is 13.8 Å². The molecule has 0 aliphatic rings. The van der Waals surface area contributed by atoms with E-state index in [0.717, 1.165) is 22.7 Å². The van der Waals surface area contributed by atoms with Crippen molar-refractivity contribution in [3.63, 3.8) is 0 Å².